The summed E-state index contributed by atoms with van der Waals surface area (Å²) in [6, 6.07) is 19.0. The van der Waals surface area contributed by atoms with E-state index in [4.69, 9.17) is 0 Å². The number of carbonyl (C=O) groups excluding carboxylic acids is 1. The van der Waals surface area contributed by atoms with Gasteiger partial charge in [0, 0.05) is 0 Å². The molecule has 0 aliphatic heterocycles. The number of hydrogen-bond acceptors (Lipinski definition) is 3. The molecule has 0 spiro atoms. The van der Waals surface area contributed by atoms with Gasteiger partial charge in [0.25, 0.3) is 0 Å². The molecular formula is C18H18N4O. The number of aromatic amines is 1. The summed E-state index contributed by atoms with van der Waals surface area (Å²) in [4.78, 5) is 16.8. The Morgan fingerprint density at radius 2 is 1.74 bits per heavy atom. The van der Waals surface area contributed by atoms with Crippen molar-refractivity contribution in [2.75, 3.05) is 0 Å². The zero-order valence-electron chi connectivity index (χ0n) is 12.9. The van der Waals surface area contributed by atoms with E-state index < -0.39 is 0 Å². The van der Waals surface area contributed by atoms with Gasteiger partial charge in [0.15, 0.2) is 5.82 Å². The van der Waals surface area contributed by atoms with Crippen molar-refractivity contribution >= 4 is 5.91 Å². The molecule has 0 radical (unpaired) electrons. The quantitative estimate of drug-likeness (QED) is 0.761. The number of hydrogen-bond donors (Lipinski definition) is 2. The van der Waals surface area contributed by atoms with E-state index in [-0.39, 0.29) is 11.9 Å². The molecule has 0 fully saturated rings. The highest BCUT2D eigenvalue weighted by molar-refractivity contribution is 5.79. The van der Waals surface area contributed by atoms with Gasteiger partial charge in [-0.3, -0.25) is 9.89 Å². The molecule has 0 aliphatic rings. The van der Waals surface area contributed by atoms with E-state index in [1.807, 2.05) is 67.6 Å². The van der Waals surface area contributed by atoms with Crippen molar-refractivity contribution in [3.63, 3.8) is 0 Å². The molecule has 2 N–H and O–H groups in total. The van der Waals surface area contributed by atoms with Crippen LogP contribution in [0.15, 0.2) is 60.7 Å². The molecular weight excluding hydrogens is 288 g/mol. The van der Waals surface area contributed by atoms with Crippen molar-refractivity contribution < 1.29 is 4.79 Å². The second-order valence-corrected chi connectivity index (χ2v) is 5.35. The van der Waals surface area contributed by atoms with Crippen LogP contribution >= 0.6 is 0 Å². The molecule has 3 aromatic rings. The number of benzene rings is 2. The normalized spacial score (nSPS) is 11.9. The molecule has 1 atom stereocenters. The zero-order chi connectivity index (χ0) is 16.1. The van der Waals surface area contributed by atoms with Crippen molar-refractivity contribution in [2.24, 2.45) is 0 Å². The third-order valence-corrected chi connectivity index (χ3v) is 3.52. The Balaban J connectivity index is 1.80. The second-order valence-electron chi connectivity index (χ2n) is 5.35. The lowest BCUT2D eigenvalue weighted by molar-refractivity contribution is -0.121. The third kappa shape index (κ3) is 3.83. The third-order valence-electron chi connectivity index (χ3n) is 3.52. The first-order valence-corrected chi connectivity index (χ1v) is 7.49. The average Bonchev–Trinajstić information content (AvgIpc) is 3.00. The molecule has 3 rings (SSSR count). The van der Waals surface area contributed by atoms with Crippen LogP contribution in [0.4, 0.5) is 0 Å². The van der Waals surface area contributed by atoms with Gasteiger partial charge in [0.05, 0.1) is 6.42 Å². The maximum absolute atomic E-state index is 12.4. The highest BCUT2D eigenvalue weighted by Gasteiger charge is 2.20. The van der Waals surface area contributed by atoms with E-state index in [9.17, 15) is 4.79 Å². The van der Waals surface area contributed by atoms with Crippen LogP contribution < -0.4 is 5.32 Å². The molecule has 0 saturated heterocycles. The highest BCUT2D eigenvalue weighted by Crippen LogP contribution is 2.19. The first-order valence-electron chi connectivity index (χ1n) is 7.49. The van der Waals surface area contributed by atoms with Gasteiger partial charge in [-0.1, -0.05) is 60.7 Å². The van der Waals surface area contributed by atoms with E-state index in [0.29, 0.717) is 12.2 Å². The summed E-state index contributed by atoms with van der Waals surface area (Å²) in [7, 11) is 0. The van der Waals surface area contributed by atoms with E-state index in [1.165, 1.54) is 0 Å². The summed E-state index contributed by atoms with van der Waals surface area (Å²) < 4.78 is 0. The van der Waals surface area contributed by atoms with Crippen LogP contribution in [0.3, 0.4) is 0 Å². The Kier molecular flexibility index (Phi) is 4.47. The van der Waals surface area contributed by atoms with E-state index in [2.05, 4.69) is 20.5 Å². The fourth-order valence-electron chi connectivity index (χ4n) is 2.42. The van der Waals surface area contributed by atoms with E-state index in [1.54, 1.807) is 0 Å². The minimum Gasteiger partial charge on any atom is -0.342 e. The summed E-state index contributed by atoms with van der Waals surface area (Å²) >= 11 is 0. The molecule has 1 aromatic heterocycles. The molecule has 0 aliphatic carbocycles. The van der Waals surface area contributed by atoms with Crippen molar-refractivity contribution in [3.8, 4) is 0 Å². The Labute approximate surface area is 134 Å². The van der Waals surface area contributed by atoms with Gasteiger partial charge in [-0.15, -0.1) is 0 Å². The van der Waals surface area contributed by atoms with Crippen LogP contribution in [0.5, 0.6) is 0 Å². The van der Waals surface area contributed by atoms with Crippen molar-refractivity contribution in [3.05, 3.63) is 83.4 Å². The minimum atomic E-state index is -0.364. The lowest BCUT2D eigenvalue weighted by atomic mass is 10.1. The van der Waals surface area contributed by atoms with Crippen LogP contribution in [0.25, 0.3) is 0 Å². The Morgan fingerprint density at radius 3 is 2.35 bits per heavy atom. The molecule has 5 heteroatoms. The lowest BCUT2D eigenvalue weighted by Gasteiger charge is -2.16. The minimum absolute atomic E-state index is 0.0625. The number of aryl methyl sites for hydroxylation is 1. The largest absolute Gasteiger partial charge is 0.342 e. The number of aromatic nitrogens is 3. The van der Waals surface area contributed by atoms with Gasteiger partial charge in [-0.25, -0.2) is 4.98 Å². The van der Waals surface area contributed by atoms with Crippen LogP contribution in [-0.2, 0) is 11.2 Å². The molecule has 5 nitrogen and oxygen atoms in total. The number of nitrogens with one attached hydrogen (secondary N) is 2. The van der Waals surface area contributed by atoms with Crippen LogP contribution in [-0.4, -0.2) is 21.1 Å². The summed E-state index contributed by atoms with van der Waals surface area (Å²) in [5.41, 5.74) is 1.93. The predicted octanol–water partition coefficient (Wildman–Crippen LogP) is 2.56. The van der Waals surface area contributed by atoms with Gasteiger partial charge < -0.3 is 5.32 Å². The summed E-state index contributed by atoms with van der Waals surface area (Å²) in [6.07, 6.45) is 0.327. The predicted molar refractivity (Wildman–Crippen MR) is 87.7 cm³/mol. The SMILES string of the molecule is Cc1nc([C@H](NC(=O)Cc2ccccc2)c2ccccc2)n[nH]1. The Morgan fingerprint density at radius 1 is 1.09 bits per heavy atom. The smallest absolute Gasteiger partial charge is 0.225 e. The summed E-state index contributed by atoms with van der Waals surface area (Å²) in [5.74, 6) is 1.22. The van der Waals surface area contributed by atoms with Crippen LogP contribution in [0.1, 0.15) is 28.8 Å². The molecule has 2 aromatic carbocycles. The molecule has 0 saturated carbocycles. The maximum Gasteiger partial charge on any atom is 0.225 e. The summed E-state index contributed by atoms with van der Waals surface area (Å²) in [6.45, 7) is 1.84. The fourth-order valence-corrected chi connectivity index (χ4v) is 2.42. The number of rotatable bonds is 5. The van der Waals surface area contributed by atoms with Gasteiger partial charge in [-0.05, 0) is 18.1 Å². The van der Waals surface area contributed by atoms with Gasteiger partial charge >= 0.3 is 0 Å². The molecule has 1 amide bonds. The van der Waals surface area contributed by atoms with Gasteiger partial charge in [-0.2, -0.15) is 5.10 Å². The number of nitrogens with zero attached hydrogens (tertiary/aromatic N) is 2. The topological polar surface area (TPSA) is 70.7 Å². The lowest BCUT2D eigenvalue weighted by Crippen LogP contribution is -2.31. The fraction of sp³-hybridized carbons (Fsp3) is 0.167. The monoisotopic (exact) mass is 306 g/mol. The molecule has 0 unspecified atom stereocenters. The standard InChI is InChI=1S/C18H18N4O/c1-13-19-18(22-21-13)17(15-10-6-3-7-11-15)20-16(23)12-14-8-4-2-5-9-14/h2-11,17H,12H2,1H3,(H,20,23)(H,19,21,22)/t17-/m1/s1. The van der Waals surface area contributed by atoms with Crippen LogP contribution in [0.2, 0.25) is 0 Å². The summed E-state index contributed by atoms with van der Waals surface area (Å²) in [5, 5.41) is 10.1. The first kappa shape index (κ1) is 15.0. The van der Waals surface area contributed by atoms with Gasteiger partial charge in [0.2, 0.25) is 5.91 Å². The van der Waals surface area contributed by atoms with Crippen LogP contribution in [0, 0.1) is 6.92 Å². The molecule has 0 bridgehead atoms. The average molecular weight is 306 g/mol. The molecule has 116 valence electrons. The zero-order valence-corrected chi connectivity index (χ0v) is 12.9. The van der Waals surface area contributed by atoms with Crippen molar-refractivity contribution in [1.82, 2.24) is 20.5 Å². The highest BCUT2D eigenvalue weighted by atomic mass is 16.1. The number of H-pyrrole nitrogens is 1. The molecule has 1 heterocycles. The van der Waals surface area contributed by atoms with Gasteiger partial charge in [0.1, 0.15) is 11.9 Å². The molecule has 23 heavy (non-hydrogen) atoms. The Hall–Kier alpha value is -2.95. The van der Waals surface area contributed by atoms with E-state index in [0.717, 1.165) is 17.0 Å². The van der Waals surface area contributed by atoms with Crippen molar-refractivity contribution in [1.29, 1.82) is 0 Å². The van der Waals surface area contributed by atoms with Crippen molar-refractivity contribution in [2.45, 2.75) is 19.4 Å². The Bertz CT molecular complexity index is 768. The second kappa shape index (κ2) is 6.87. The van der Waals surface area contributed by atoms with E-state index >= 15 is 0 Å². The first-order chi connectivity index (χ1) is 11.2. The number of amides is 1. The number of carbonyl (C=O) groups is 1. The maximum atomic E-state index is 12.4.